The number of anilines is 1. The number of amides is 2. The summed E-state index contributed by atoms with van der Waals surface area (Å²) in [5, 5.41) is 2.72. The lowest BCUT2D eigenvalue weighted by atomic mass is 10.1. The second kappa shape index (κ2) is 9.59. The summed E-state index contributed by atoms with van der Waals surface area (Å²) in [7, 11) is 0. The quantitative estimate of drug-likeness (QED) is 0.665. The van der Waals surface area contributed by atoms with Gasteiger partial charge in [-0.05, 0) is 49.2 Å². The van der Waals surface area contributed by atoms with Crippen LogP contribution in [0.5, 0.6) is 0 Å². The van der Waals surface area contributed by atoms with Crippen molar-refractivity contribution in [1.82, 2.24) is 10.3 Å². The van der Waals surface area contributed by atoms with Gasteiger partial charge in [0, 0.05) is 30.5 Å². The maximum atomic E-state index is 13.7. The Labute approximate surface area is 169 Å². The molecule has 0 aliphatic heterocycles. The molecule has 0 aliphatic carbocycles. The SMILES string of the molecule is CCN(C(=O)c1ccnc(C(=O)NCCc2ccccc2F)c1)c1ccccc1. The van der Waals surface area contributed by atoms with E-state index in [0.717, 1.165) is 5.69 Å². The summed E-state index contributed by atoms with van der Waals surface area (Å²) in [6.45, 7) is 2.66. The minimum Gasteiger partial charge on any atom is -0.350 e. The fraction of sp³-hybridized carbons (Fsp3) is 0.174. The van der Waals surface area contributed by atoms with E-state index in [9.17, 15) is 14.0 Å². The zero-order chi connectivity index (χ0) is 20.6. The lowest BCUT2D eigenvalue weighted by Gasteiger charge is -2.21. The molecule has 0 saturated heterocycles. The summed E-state index contributed by atoms with van der Waals surface area (Å²) in [5.41, 5.74) is 1.84. The molecular weight excluding hydrogens is 369 g/mol. The molecule has 1 aromatic heterocycles. The number of halogens is 1. The maximum Gasteiger partial charge on any atom is 0.269 e. The van der Waals surface area contributed by atoms with Gasteiger partial charge in [-0.2, -0.15) is 0 Å². The van der Waals surface area contributed by atoms with Crippen LogP contribution in [-0.2, 0) is 6.42 Å². The Morgan fingerprint density at radius 2 is 1.76 bits per heavy atom. The molecular formula is C23H22FN3O2. The van der Waals surface area contributed by atoms with Crippen LogP contribution >= 0.6 is 0 Å². The first-order valence-corrected chi connectivity index (χ1v) is 9.44. The van der Waals surface area contributed by atoms with Crippen LogP contribution in [0.3, 0.4) is 0 Å². The number of benzene rings is 2. The van der Waals surface area contributed by atoms with Crippen LogP contribution in [0.15, 0.2) is 72.9 Å². The number of pyridine rings is 1. The van der Waals surface area contributed by atoms with Gasteiger partial charge in [0.1, 0.15) is 11.5 Å². The van der Waals surface area contributed by atoms with E-state index in [1.165, 1.54) is 18.3 Å². The van der Waals surface area contributed by atoms with Crippen LogP contribution < -0.4 is 10.2 Å². The third kappa shape index (κ3) is 5.04. The molecule has 6 heteroatoms. The Hall–Kier alpha value is -3.54. The lowest BCUT2D eigenvalue weighted by molar-refractivity contribution is 0.0949. The highest BCUT2D eigenvalue weighted by Crippen LogP contribution is 2.17. The number of nitrogens with zero attached hydrogens (tertiary/aromatic N) is 2. The molecule has 0 spiro atoms. The van der Waals surface area contributed by atoms with Crippen molar-refractivity contribution in [3.63, 3.8) is 0 Å². The monoisotopic (exact) mass is 391 g/mol. The number of hydrogen-bond donors (Lipinski definition) is 1. The first-order valence-electron chi connectivity index (χ1n) is 9.44. The predicted molar refractivity (Wildman–Crippen MR) is 110 cm³/mol. The van der Waals surface area contributed by atoms with Crippen molar-refractivity contribution in [2.75, 3.05) is 18.0 Å². The summed E-state index contributed by atoms with van der Waals surface area (Å²) >= 11 is 0. The molecule has 1 N–H and O–H groups in total. The van der Waals surface area contributed by atoms with E-state index in [2.05, 4.69) is 10.3 Å². The van der Waals surface area contributed by atoms with Crippen molar-refractivity contribution >= 4 is 17.5 Å². The number of nitrogens with one attached hydrogen (secondary N) is 1. The van der Waals surface area contributed by atoms with Gasteiger partial charge in [0.15, 0.2) is 0 Å². The van der Waals surface area contributed by atoms with Crippen molar-refractivity contribution in [2.45, 2.75) is 13.3 Å². The normalized spacial score (nSPS) is 10.4. The van der Waals surface area contributed by atoms with Gasteiger partial charge < -0.3 is 10.2 Å². The highest BCUT2D eigenvalue weighted by atomic mass is 19.1. The smallest absolute Gasteiger partial charge is 0.269 e. The molecule has 0 radical (unpaired) electrons. The summed E-state index contributed by atoms with van der Waals surface area (Å²) in [6, 6.07) is 18.9. The highest BCUT2D eigenvalue weighted by molar-refractivity contribution is 6.07. The van der Waals surface area contributed by atoms with Crippen molar-refractivity contribution < 1.29 is 14.0 Å². The first-order chi connectivity index (χ1) is 14.1. The zero-order valence-corrected chi connectivity index (χ0v) is 16.1. The molecule has 2 amide bonds. The third-order valence-corrected chi connectivity index (χ3v) is 4.51. The Balaban J connectivity index is 1.67. The van der Waals surface area contributed by atoms with Gasteiger partial charge in [0.2, 0.25) is 0 Å². The Morgan fingerprint density at radius 1 is 1.03 bits per heavy atom. The molecule has 2 aromatic carbocycles. The number of carbonyl (C=O) groups excluding carboxylic acids is 2. The average molecular weight is 391 g/mol. The Kier molecular flexibility index (Phi) is 6.68. The van der Waals surface area contributed by atoms with E-state index >= 15 is 0 Å². The number of para-hydroxylation sites is 1. The van der Waals surface area contributed by atoms with E-state index in [1.807, 2.05) is 37.3 Å². The molecule has 0 atom stereocenters. The van der Waals surface area contributed by atoms with Crippen LogP contribution in [0.1, 0.15) is 33.3 Å². The molecule has 0 fully saturated rings. The van der Waals surface area contributed by atoms with Gasteiger partial charge in [-0.25, -0.2) is 4.39 Å². The maximum absolute atomic E-state index is 13.7. The van der Waals surface area contributed by atoms with Gasteiger partial charge in [-0.15, -0.1) is 0 Å². The predicted octanol–water partition coefficient (Wildman–Crippen LogP) is 3.86. The minimum absolute atomic E-state index is 0.147. The van der Waals surface area contributed by atoms with Crippen molar-refractivity contribution in [1.29, 1.82) is 0 Å². The fourth-order valence-corrected chi connectivity index (χ4v) is 3.00. The molecule has 0 saturated carbocycles. The van der Waals surface area contributed by atoms with Crippen LogP contribution in [0.4, 0.5) is 10.1 Å². The van der Waals surface area contributed by atoms with E-state index in [0.29, 0.717) is 24.1 Å². The lowest BCUT2D eigenvalue weighted by Crippen LogP contribution is -2.31. The number of carbonyl (C=O) groups is 2. The zero-order valence-electron chi connectivity index (χ0n) is 16.1. The Bertz CT molecular complexity index is 992. The largest absolute Gasteiger partial charge is 0.350 e. The molecule has 3 rings (SSSR count). The molecule has 0 bridgehead atoms. The van der Waals surface area contributed by atoms with Gasteiger partial charge in [-0.1, -0.05) is 36.4 Å². The molecule has 5 nitrogen and oxygen atoms in total. The number of rotatable bonds is 7. The van der Waals surface area contributed by atoms with Gasteiger partial charge >= 0.3 is 0 Å². The third-order valence-electron chi connectivity index (χ3n) is 4.51. The van der Waals surface area contributed by atoms with E-state index in [4.69, 9.17) is 0 Å². The summed E-state index contributed by atoms with van der Waals surface area (Å²) in [6.07, 6.45) is 1.81. The van der Waals surface area contributed by atoms with Gasteiger partial charge in [-0.3, -0.25) is 14.6 Å². The first kappa shape index (κ1) is 20.2. The van der Waals surface area contributed by atoms with Crippen molar-refractivity contribution in [3.8, 4) is 0 Å². The highest BCUT2D eigenvalue weighted by Gasteiger charge is 2.18. The van der Waals surface area contributed by atoms with E-state index in [1.54, 1.807) is 29.2 Å². The summed E-state index contributed by atoms with van der Waals surface area (Å²) < 4.78 is 13.7. The van der Waals surface area contributed by atoms with Crippen molar-refractivity contribution in [2.24, 2.45) is 0 Å². The fourth-order valence-electron chi connectivity index (χ4n) is 3.00. The van der Waals surface area contributed by atoms with E-state index < -0.39 is 5.91 Å². The van der Waals surface area contributed by atoms with Gasteiger partial charge in [0.05, 0.1) is 0 Å². The second-order valence-corrected chi connectivity index (χ2v) is 6.41. The average Bonchev–Trinajstić information content (AvgIpc) is 2.76. The van der Waals surface area contributed by atoms with Crippen molar-refractivity contribution in [3.05, 3.63) is 95.6 Å². The topological polar surface area (TPSA) is 62.3 Å². The minimum atomic E-state index is -0.404. The van der Waals surface area contributed by atoms with Crippen LogP contribution in [0.2, 0.25) is 0 Å². The molecule has 0 unspecified atom stereocenters. The van der Waals surface area contributed by atoms with Crippen LogP contribution in [-0.4, -0.2) is 29.9 Å². The van der Waals surface area contributed by atoms with Crippen LogP contribution in [0, 0.1) is 5.82 Å². The summed E-state index contributed by atoms with van der Waals surface area (Å²) in [5.74, 6) is -0.909. The molecule has 3 aromatic rings. The molecule has 29 heavy (non-hydrogen) atoms. The molecule has 0 aliphatic rings. The Morgan fingerprint density at radius 3 is 2.48 bits per heavy atom. The van der Waals surface area contributed by atoms with E-state index in [-0.39, 0.29) is 24.0 Å². The number of aromatic nitrogens is 1. The number of hydrogen-bond acceptors (Lipinski definition) is 3. The summed E-state index contributed by atoms with van der Waals surface area (Å²) in [4.78, 5) is 31.0. The molecule has 1 heterocycles. The van der Waals surface area contributed by atoms with Gasteiger partial charge in [0.25, 0.3) is 11.8 Å². The standard InChI is InChI=1S/C23H22FN3O2/c1-2-27(19-9-4-3-5-10-19)23(29)18-13-14-25-21(16-18)22(28)26-15-12-17-8-6-7-11-20(17)24/h3-11,13-14,16H,2,12,15H2,1H3,(H,26,28). The van der Waals surface area contributed by atoms with Crippen LogP contribution in [0.25, 0.3) is 0 Å². The molecule has 148 valence electrons. The second-order valence-electron chi connectivity index (χ2n) is 6.41.